The highest BCUT2D eigenvalue weighted by molar-refractivity contribution is 6.18. The minimum absolute atomic E-state index is 0.231. The van der Waals surface area contributed by atoms with Crippen molar-refractivity contribution in [3.05, 3.63) is 58.4 Å². The van der Waals surface area contributed by atoms with E-state index in [2.05, 4.69) is 4.98 Å². The fourth-order valence-corrected chi connectivity index (χ4v) is 3.08. The minimum Gasteiger partial charge on any atom is -0.459 e. The molecule has 0 amide bonds. The molecule has 3 rings (SSSR count). The average Bonchev–Trinajstić information content (AvgIpc) is 2.95. The third kappa shape index (κ3) is 3.58. The number of halogens is 3. The summed E-state index contributed by atoms with van der Waals surface area (Å²) in [7, 11) is 0. The van der Waals surface area contributed by atoms with Gasteiger partial charge in [-0.3, -0.25) is 4.57 Å². The van der Waals surface area contributed by atoms with E-state index in [1.807, 2.05) is 0 Å². The van der Waals surface area contributed by atoms with E-state index >= 15 is 0 Å². The molecule has 1 saturated heterocycles. The molecule has 1 aliphatic heterocycles. The molecule has 0 radical (unpaired) electrons. The van der Waals surface area contributed by atoms with Crippen molar-refractivity contribution in [1.82, 2.24) is 9.55 Å². The Morgan fingerprint density at radius 2 is 2.11 bits per heavy atom. The maximum Gasteiger partial charge on any atom is 0.351 e. The monoisotopic (exact) mass is 415 g/mol. The van der Waals surface area contributed by atoms with Crippen LogP contribution >= 0.6 is 11.6 Å². The topological polar surface area (TPSA) is 117 Å². The van der Waals surface area contributed by atoms with Gasteiger partial charge in [-0.15, -0.1) is 11.6 Å². The molecule has 4 atom stereocenters. The summed E-state index contributed by atoms with van der Waals surface area (Å²) in [6, 6.07) is 7.96. The van der Waals surface area contributed by atoms with Crippen molar-refractivity contribution < 1.29 is 28.2 Å². The van der Waals surface area contributed by atoms with E-state index in [1.54, 1.807) is 18.2 Å². The second-order valence-electron chi connectivity index (χ2n) is 6.20. The summed E-state index contributed by atoms with van der Waals surface area (Å²) in [5.74, 6) is -2.93. The number of nitrogens with two attached hydrogens (primary N) is 1. The highest BCUT2D eigenvalue weighted by atomic mass is 35.5. The first-order chi connectivity index (χ1) is 13.3. The fourth-order valence-electron chi connectivity index (χ4n) is 2.79. The van der Waals surface area contributed by atoms with Crippen LogP contribution in [0.4, 0.5) is 14.6 Å². The van der Waals surface area contributed by atoms with E-state index in [4.69, 9.17) is 26.8 Å². The van der Waals surface area contributed by atoms with Gasteiger partial charge in [-0.05, 0) is 12.1 Å². The molecule has 0 bridgehead atoms. The number of nitrogens with zero attached hydrogens (tertiary/aromatic N) is 2. The maximum atomic E-state index is 14.7. The second kappa shape index (κ2) is 7.82. The highest BCUT2D eigenvalue weighted by Crippen LogP contribution is 2.40. The van der Waals surface area contributed by atoms with Gasteiger partial charge in [0.05, 0.1) is 17.6 Å². The van der Waals surface area contributed by atoms with Crippen LogP contribution in [0.25, 0.3) is 0 Å². The van der Waals surface area contributed by atoms with Crippen molar-refractivity contribution in [1.29, 1.82) is 0 Å². The zero-order valence-electron chi connectivity index (χ0n) is 14.3. The van der Waals surface area contributed by atoms with E-state index in [1.165, 1.54) is 12.1 Å². The fraction of sp³-hybridized carbons (Fsp3) is 0.353. The first-order valence-corrected chi connectivity index (χ1v) is 8.65. The molecule has 2 aromatic rings. The molecule has 1 aliphatic rings. The smallest absolute Gasteiger partial charge is 0.351 e. The van der Waals surface area contributed by atoms with E-state index in [-0.39, 0.29) is 5.56 Å². The van der Waals surface area contributed by atoms with Crippen molar-refractivity contribution in [3.8, 4) is 0 Å². The summed E-state index contributed by atoms with van der Waals surface area (Å²) in [5, 5.41) is 10.3. The molecule has 2 heterocycles. The van der Waals surface area contributed by atoms with Crippen LogP contribution in [0.15, 0.2) is 41.3 Å². The molecule has 0 unspecified atom stereocenters. The van der Waals surface area contributed by atoms with Gasteiger partial charge in [0.2, 0.25) is 0 Å². The van der Waals surface area contributed by atoms with Gasteiger partial charge in [0.25, 0.3) is 0 Å². The lowest BCUT2D eigenvalue weighted by Gasteiger charge is -2.29. The molecule has 28 heavy (non-hydrogen) atoms. The van der Waals surface area contributed by atoms with Crippen LogP contribution < -0.4 is 11.4 Å². The zero-order chi connectivity index (χ0) is 20.5. The van der Waals surface area contributed by atoms with E-state index in [9.17, 15) is 23.5 Å². The first kappa shape index (κ1) is 20.2. The summed E-state index contributed by atoms with van der Waals surface area (Å²) < 4.78 is 39.4. The van der Waals surface area contributed by atoms with Gasteiger partial charge in [0.1, 0.15) is 18.3 Å². The van der Waals surface area contributed by atoms with Crippen LogP contribution in [0.3, 0.4) is 0 Å². The Morgan fingerprint density at radius 3 is 2.75 bits per heavy atom. The maximum absolute atomic E-state index is 14.7. The van der Waals surface area contributed by atoms with Gasteiger partial charge in [-0.2, -0.15) is 4.98 Å². The van der Waals surface area contributed by atoms with E-state index in [0.717, 1.165) is 0 Å². The molecular weight excluding hydrogens is 400 g/mol. The lowest BCUT2D eigenvalue weighted by atomic mass is 9.99. The number of hydrogen-bond donors (Lipinski definition) is 2. The van der Waals surface area contributed by atoms with E-state index < -0.39 is 59.9 Å². The van der Waals surface area contributed by atoms with Gasteiger partial charge in [0.15, 0.2) is 24.0 Å². The number of aliphatic hydroxyl groups is 1. The number of aliphatic hydroxyl groups excluding tert-OH is 1. The van der Waals surface area contributed by atoms with Crippen molar-refractivity contribution in [2.75, 3.05) is 18.2 Å². The Balaban J connectivity index is 1.83. The predicted octanol–water partition coefficient (Wildman–Crippen LogP) is 1.03. The van der Waals surface area contributed by atoms with Gasteiger partial charge in [-0.1, -0.05) is 18.2 Å². The largest absolute Gasteiger partial charge is 0.459 e. The number of alkyl halides is 2. The summed E-state index contributed by atoms with van der Waals surface area (Å²) in [4.78, 5) is 27.3. The van der Waals surface area contributed by atoms with Gasteiger partial charge < -0.3 is 20.3 Å². The Bertz CT molecular complexity index is 929. The number of carbonyl (C=O) groups excluding carboxylic acids is 1. The molecule has 8 nitrogen and oxygen atoms in total. The Morgan fingerprint density at radius 1 is 1.43 bits per heavy atom. The van der Waals surface area contributed by atoms with Crippen molar-refractivity contribution >= 4 is 23.4 Å². The quantitative estimate of drug-likeness (QED) is 0.553. The number of carbonyl (C=O) groups is 1. The number of nitrogen functional groups attached to an aromatic ring is 1. The Labute approximate surface area is 162 Å². The summed E-state index contributed by atoms with van der Waals surface area (Å²) in [6.07, 6.45) is -5.14. The number of aromatic nitrogens is 2. The molecule has 3 N–H and O–H groups in total. The van der Waals surface area contributed by atoms with Crippen LogP contribution in [0, 0.1) is 5.82 Å². The third-order valence-corrected chi connectivity index (χ3v) is 4.81. The number of ether oxygens (including phenoxy) is 2. The standard InChI is InChI=1S/C17H16ClF2N3O5/c18-7-17(8-27-15(25)9-4-2-1-3-5-9)12(24)11(20)14(28-17)23-6-10(19)13(21)22-16(23)26/h1-6,11-12,14,24H,7-8H2,(H2,21,22,26)/t11-,12-,14+,17+/m0/s1. The van der Waals surface area contributed by atoms with Crippen molar-refractivity contribution in [3.63, 3.8) is 0 Å². The van der Waals surface area contributed by atoms with Crippen LogP contribution in [0.1, 0.15) is 16.6 Å². The number of benzene rings is 1. The third-order valence-electron chi connectivity index (χ3n) is 4.36. The SMILES string of the molecule is Nc1nc(=O)n([C@@H]2O[C@](CCl)(COC(=O)c3ccccc3)[C@@H](O)[C@@H]2F)cc1F. The van der Waals surface area contributed by atoms with Crippen molar-refractivity contribution in [2.45, 2.75) is 24.1 Å². The van der Waals surface area contributed by atoms with Crippen LogP contribution in [-0.4, -0.2) is 51.0 Å². The summed E-state index contributed by atoms with van der Waals surface area (Å²) in [6.45, 7) is -0.595. The number of hydrogen-bond acceptors (Lipinski definition) is 7. The highest BCUT2D eigenvalue weighted by Gasteiger charge is 2.56. The van der Waals surface area contributed by atoms with Gasteiger partial charge in [0, 0.05) is 0 Å². The molecule has 1 aromatic heterocycles. The molecule has 1 fully saturated rings. The van der Waals surface area contributed by atoms with Gasteiger partial charge >= 0.3 is 11.7 Å². The summed E-state index contributed by atoms with van der Waals surface area (Å²) >= 11 is 5.86. The summed E-state index contributed by atoms with van der Waals surface area (Å²) in [5.41, 5.74) is 2.50. The number of esters is 1. The Hall–Kier alpha value is -2.56. The molecule has 150 valence electrons. The minimum atomic E-state index is -2.17. The van der Waals surface area contributed by atoms with Crippen molar-refractivity contribution in [2.24, 2.45) is 0 Å². The lowest BCUT2D eigenvalue weighted by molar-refractivity contribution is -0.117. The molecule has 11 heteroatoms. The predicted molar refractivity (Wildman–Crippen MR) is 94.1 cm³/mol. The lowest BCUT2D eigenvalue weighted by Crippen LogP contribution is -2.48. The molecule has 0 saturated carbocycles. The van der Waals surface area contributed by atoms with E-state index in [0.29, 0.717) is 10.8 Å². The first-order valence-electron chi connectivity index (χ1n) is 8.11. The normalized spacial score (nSPS) is 26.9. The number of anilines is 1. The molecule has 0 spiro atoms. The molecule has 1 aromatic carbocycles. The van der Waals surface area contributed by atoms with Crippen LogP contribution in [0.2, 0.25) is 0 Å². The van der Waals surface area contributed by atoms with Gasteiger partial charge in [-0.25, -0.2) is 18.4 Å². The Kier molecular flexibility index (Phi) is 5.64. The zero-order valence-corrected chi connectivity index (χ0v) is 15.1. The molecule has 0 aliphatic carbocycles. The molecular formula is C17H16ClF2N3O5. The number of rotatable bonds is 5. The van der Waals surface area contributed by atoms with Crippen LogP contribution in [-0.2, 0) is 9.47 Å². The second-order valence-corrected chi connectivity index (χ2v) is 6.47. The van der Waals surface area contributed by atoms with Crippen LogP contribution in [0.5, 0.6) is 0 Å². The average molecular weight is 416 g/mol.